The van der Waals surface area contributed by atoms with Gasteiger partial charge >= 0.3 is 0 Å². The standard InChI is InChI=1S/C65H43N/c1-4-18-44(19-5-1)46-32-38-50(39-33-46)66(51-40-34-47(35-41-51)45-20-6-2-7-21-45)52-42-36-49(37-43-52)61-55-26-10-11-27-56(55)64-63(62(61)48-22-8-3-9-23-48)57-28-14-17-31-60(57)65(64)58-29-15-12-24-53(58)54-25-13-16-30-59(54)65/h1-43H. The number of nitrogens with zero attached hydrogens (tertiary/aromatic N) is 1. The van der Waals surface area contributed by atoms with Crippen molar-refractivity contribution in [1.29, 1.82) is 0 Å². The monoisotopic (exact) mass is 837 g/mol. The average Bonchev–Trinajstić information content (AvgIpc) is 3.88. The molecular weight excluding hydrogens is 795 g/mol. The third-order valence-corrected chi connectivity index (χ3v) is 14.1. The summed E-state index contributed by atoms with van der Waals surface area (Å²) in [5, 5.41) is 2.54. The fourth-order valence-corrected chi connectivity index (χ4v) is 11.3. The van der Waals surface area contributed by atoms with E-state index in [-0.39, 0.29) is 0 Å². The van der Waals surface area contributed by atoms with Crippen LogP contribution in [0.15, 0.2) is 261 Å². The Bertz CT molecular complexity index is 3460. The summed E-state index contributed by atoms with van der Waals surface area (Å²) >= 11 is 0. The maximum atomic E-state index is 2.39. The molecule has 1 spiro atoms. The Labute approximate surface area is 386 Å². The van der Waals surface area contributed by atoms with Crippen LogP contribution in [-0.4, -0.2) is 0 Å². The predicted molar refractivity (Wildman–Crippen MR) is 277 cm³/mol. The first kappa shape index (κ1) is 38.0. The Hall–Kier alpha value is -8.52. The highest BCUT2D eigenvalue weighted by molar-refractivity contribution is 6.16. The van der Waals surface area contributed by atoms with Crippen molar-refractivity contribution in [3.05, 3.63) is 283 Å². The van der Waals surface area contributed by atoms with Crippen molar-refractivity contribution >= 4 is 27.8 Å². The number of anilines is 3. The highest BCUT2D eigenvalue weighted by Gasteiger charge is 2.53. The zero-order chi connectivity index (χ0) is 43.6. The number of hydrogen-bond donors (Lipinski definition) is 0. The van der Waals surface area contributed by atoms with E-state index in [9.17, 15) is 0 Å². The molecule has 0 bridgehead atoms. The average molecular weight is 838 g/mol. The van der Waals surface area contributed by atoms with Crippen LogP contribution >= 0.6 is 0 Å². The second-order valence-corrected chi connectivity index (χ2v) is 17.5. The first-order valence-electron chi connectivity index (χ1n) is 22.9. The highest BCUT2D eigenvalue weighted by atomic mass is 15.1. The van der Waals surface area contributed by atoms with Crippen LogP contribution in [0.2, 0.25) is 0 Å². The first-order valence-corrected chi connectivity index (χ1v) is 22.9. The van der Waals surface area contributed by atoms with Crippen molar-refractivity contribution in [2.45, 2.75) is 5.41 Å². The lowest BCUT2D eigenvalue weighted by Gasteiger charge is -2.32. The van der Waals surface area contributed by atoms with Gasteiger partial charge in [0.2, 0.25) is 0 Å². The fourth-order valence-electron chi connectivity index (χ4n) is 11.3. The summed E-state index contributed by atoms with van der Waals surface area (Å²) in [6.45, 7) is 0. The van der Waals surface area contributed by atoms with Gasteiger partial charge in [-0.3, -0.25) is 0 Å². The second kappa shape index (κ2) is 15.3. The number of fused-ring (bicyclic) bond motifs is 12. The van der Waals surface area contributed by atoms with Gasteiger partial charge in [0.05, 0.1) is 5.41 Å². The summed E-state index contributed by atoms with van der Waals surface area (Å²) in [4.78, 5) is 2.38. The van der Waals surface area contributed by atoms with E-state index >= 15 is 0 Å². The lowest BCUT2D eigenvalue weighted by molar-refractivity contribution is 0.801. The van der Waals surface area contributed by atoms with Gasteiger partial charge in [-0.2, -0.15) is 0 Å². The number of benzene rings is 11. The van der Waals surface area contributed by atoms with E-state index < -0.39 is 5.41 Å². The summed E-state index contributed by atoms with van der Waals surface area (Å²) in [6.07, 6.45) is 0. The topological polar surface area (TPSA) is 3.24 Å². The molecule has 0 atom stereocenters. The first-order chi connectivity index (χ1) is 32.8. The van der Waals surface area contributed by atoms with Crippen LogP contribution in [0.4, 0.5) is 17.1 Å². The molecule has 0 heterocycles. The molecule has 11 aromatic carbocycles. The predicted octanol–water partition coefficient (Wildman–Crippen LogP) is 17.3. The summed E-state index contributed by atoms with van der Waals surface area (Å²) in [6, 6.07) is 96.1. The van der Waals surface area contributed by atoms with Gasteiger partial charge in [-0.05, 0) is 136 Å². The van der Waals surface area contributed by atoms with Crippen LogP contribution in [0.3, 0.4) is 0 Å². The SMILES string of the molecule is c1ccc(-c2ccc(N(c3ccc(-c4ccccc4)cc3)c3ccc(-c4c(-c5ccccc5)c5c(c6ccccc46)C4(c6ccccc6-c6ccccc64)c4ccccc4-5)cc3)cc2)cc1. The molecule has 2 aliphatic rings. The molecule has 0 aliphatic heterocycles. The van der Waals surface area contributed by atoms with E-state index in [4.69, 9.17) is 0 Å². The van der Waals surface area contributed by atoms with Crippen LogP contribution < -0.4 is 4.90 Å². The van der Waals surface area contributed by atoms with Crippen molar-refractivity contribution in [1.82, 2.24) is 0 Å². The third kappa shape index (κ3) is 5.73. The summed E-state index contributed by atoms with van der Waals surface area (Å²) in [7, 11) is 0. The van der Waals surface area contributed by atoms with Gasteiger partial charge < -0.3 is 4.90 Å². The lowest BCUT2D eigenvalue weighted by atomic mass is 9.68. The molecule has 0 unspecified atom stereocenters. The Morgan fingerprint density at radius 2 is 0.561 bits per heavy atom. The van der Waals surface area contributed by atoms with Crippen LogP contribution in [0, 0.1) is 0 Å². The second-order valence-electron chi connectivity index (χ2n) is 17.5. The van der Waals surface area contributed by atoms with Gasteiger partial charge in [-0.25, -0.2) is 0 Å². The van der Waals surface area contributed by atoms with Crippen LogP contribution in [-0.2, 0) is 5.41 Å². The van der Waals surface area contributed by atoms with Gasteiger partial charge in [-0.1, -0.05) is 224 Å². The van der Waals surface area contributed by atoms with Gasteiger partial charge in [0.1, 0.15) is 0 Å². The molecule has 66 heavy (non-hydrogen) atoms. The Morgan fingerprint density at radius 3 is 1.05 bits per heavy atom. The van der Waals surface area contributed by atoms with E-state index in [0.29, 0.717) is 0 Å². The highest BCUT2D eigenvalue weighted by Crippen LogP contribution is 2.66. The Balaban J connectivity index is 1.03. The van der Waals surface area contributed by atoms with E-state index in [2.05, 4.69) is 266 Å². The minimum atomic E-state index is -0.475. The van der Waals surface area contributed by atoms with Crippen LogP contribution in [0.1, 0.15) is 22.3 Å². The summed E-state index contributed by atoms with van der Waals surface area (Å²) in [5.74, 6) is 0. The van der Waals surface area contributed by atoms with E-state index in [1.807, 2.05) is 0 Å². The molecule has 1 nitrogen and oxygen atoms in total. The zero-order valence-corrected chi connectivity index (χ0v) is 36.3. The minimum absolute atomic E-state index is 0.475. The molecule has 308 valence electrons. The van der Waals surface area contributed by atoms with Crippen molar-refractivity contribution in [2.75, 3.05) is 4.90 Å². The fraction of sp³-hybridized carbons (Fsp3) is 0.0154. The summed E-state index contributed by atoms with van der Waals surface area (Å²) in [5.41, 5.74) is 23.2. The molecule has 0 radical (unpaired) electrons. The normalized spacial score (nSPS) is 12.7. The third-order valence-electron chi connectivity index (χ3n) is 14.1. The van der Waals surface area contributed by atoms with Gasteiger partial charge in [0.15, 0.2) is 0 Å². The van der Waals surface area contributed by atoms with Gasteiger partial charge in [0, 0.05) is 17.1 Å². The molecule has 11 aromatic rings. The molecule has 0 amide bonds. The zero-order valence-electron chi connectivity index (χ0n) is 36.3. The summed E-state index contributed by atoms with van der Waals surface area (Å²) < 4.78 is 0. The molecule has 0 N–H and O–H groups in total. The number of rotatable bonds is 7. The quantitative estimate of drug-likeness (QED) is 0.155. The Morgan fingerprint density at radius 1 is 0.227 bits per heavy atom. The van der Waals surface area contributed by atoms with Gasteiger partial charge in [-0.15, -0.1) is 0 Å². The maximum absolute atomic E-state index is 2.39. The van der Waals surface area contributed by atoms with Crippen molar-refractivity contribution in [3.63, 3.8) is 0 Å². The smallest absolute Gasteiger partial charge is 0.0731 e. The van der Waals surface area contributed by atoms with Crippen molar-refractivity contribution in [2.24, 2.45) is 0 Å². The molecule has 0 fully saturated rings. The van der Waals surface area contributed by atoms with Crippen LogP contribution in [0.5, 0.6) is 0 Å². The molecule has 13 rings (SSSR count). The molecular formula is C65H43N. The minimum Gasteiger partial charge on any atom is -0.311 e. The molecule has 2 aliphatic carbocycles. The molecule has 1 heteroatoms. The van der Waals surface area contributed by atoms with Crippen LogP contribution in [0.25, 0.3) is 77.5 Å². The number of hydrogen-bond acceptors (Lipinski definition) is 1. The van der Waals surface area contributed by atoms with E-state index in [1.54, 1.807) is 0 Å². The van der Waals surface area contributed by atoms with E-state index in [1.165, 1.54) is 99.8 Å². The van der Waals surface area contributed by atoms with Crippen molar-refractivity contribution < 1.29 is 0 Å². The largest absolute Gasteiger partial charge is 0.311 e. The maximum Gasteiger partial charge on any atom is 0.0731 e. The van der Waals surface area contributed by atoms with Gasteiger partial charge in [0.25, 0.3) is 0 Å². The molecule has 0 aromatic heterocycles. The molecule has 0 saturated heterocycles. The Kier molecular flexibility index (Phi) is 8.82. The lowest BCUT2D eigenvalue weighted by Crippen LogP contribution is -2.26. The van der Waals surface area contributed by atoms with Crippen molar-refractivity contribution in [3.8, 4) is 66.8 Å². The molecule has 0 saturated carbocycles. The van der Waals surface area contributed by atoms with E-state index in [0.717, 1.165) is 17.1 Å².